The first-order valence-corrected chi connectivity index (χ1v) is 13.6. The lowest BCUT2D eigenvalue weighted by Gasteiger charge is -2.29. The van der Waals surface area contributed by atoms with Crippen LogP contribution >= 0.6 is 0 Å². The molecule has 208 valence electrons. The molecule has 2 aliphatic rings. The van der Waals surface area contributed by atoms with Crippen LogP contribution in [0, 0.1) is 5.92 Å². The molecule has 1 fully saturated rings. The van der Waals surface area contributed by atoms with Gasteiger partial charge in [0, 0.05) is 38.0 Å². The number of oxazole rings is 1. The Hall–Kier alpha value is -3.27. The van der Waals surface area contributed by atoms with Crippen LogP contribution in [0.5, 0.6) is 17.2 Å². The number of carbonyl (C=O) groups excluding carboxylic acids is 1. The van der Waals surface area contributed by atoms with Crippen LogP contribution in [0.15, 0.2) is 29.0 Å². The smallest absolute Gasteiger partial charge is 0.308 e. The number of hydrogen-bond donors (Lipinski definition) is 1. The molecule has 1 aromatic heterocycles. The minimum absolute atomic E-state index is 0.0427. The van der Waals surface area contributed by atoms with Crippen LogP contribution in [0.25, 0.3) is 0 Å². The number of aromatic nitrogens is 1. The number of benzene rings is 1. The summed E-state index contributed by atoms with van der Waals surface area (Å²) in [6.45, 7) is 6.35. The summed E-state index contributed by atoms with van der Waals surface area (Å²) < 4.78 is 22.1. The molecule has 1 amide bonds. The summed E-state index contributed by atoms with van der Waals surface area (Å²) in [5.41, 5.74) is 0.795. The summed E-state index contributed by atoms with van der Waals surface area (Å²) in [6.07, 6.45) is 8.00. The maximum Gasteiger partial charge on any atom is 0.308 e. The predicted molar refractivity (Wildman–Crippen MR) is 140 cm³/mol. The minimum Gasteiger partial charge on any atom is -0.493 e. The quantitative estimate of drug-likeness (QED) is 0.389. The van der Waals surface area contributed by atoms with Crippen molar-refractivity contribution in [2.75, 3.05) is 40.1 Å². The van der Waals surface area contributed by atoms with Gasteiger partial charge in [0.1, 0.15) is 6.26 Å². The molecule has 0 aliphatic carbocycles. The number of unbranched alkanes of at least 4 members (excludes halogenated alkanes) is 2. The van der Waals surface area contributed by atoms with E-state index in [1.54, 1.807) is 13.3 Å². The molecular weight excluding hydrogens is 490 g/mol. The predicted octanol–water partition coefficient (Wildman–Crippen LogP) is 3.94. The van der Waals surface area contributed by atoms with Gasteiger partial charge in [0.25, 0.3) is 0 Å². The van der Waals surface area contributed by atoms with Crippen LogP contribution in [0.4, 0.5) is 0 Å². The molecule has 0 radical (unpaired) electrons. The molecule has 1 aromatic carbocycles. The Kier molecular flexibility index (Phi) is 9.49. The molecule has 1 N–H and O–H groups in total. The topological polar surface area (TPSA) is 115 Å². The summed E-state index contributed by atoms with van der Waals surface area (Å²) in [7, 11) is 1.55. The second-order valence-corrected chi connectivity index (χ2v) is 9.98. The summed E-state index contributed by atoms with van der Waals surface area (Å²) in [5.74, 6) is 0.182. The van der Waals surface area contributed by atoms with E-state index in [2.05, 4.69) is 18.8 Å². The number of fused-ring (bicyclic) bond motifs is 1. The van der Waals surface area contributed by atoms with E-state index in [0.717, 1.165) is 44.3 Å². The number of ether oxygens (including phenoxy) is 3. The van der Waals surface area contributed by atoms with Gasteiger partial charge in [-0.2, -0.15) is 0 Å². The second-order valence-electron chi connectivity index (χ2n) is 9.98. The summed E-state index contributed by atoms with van der Waals surface area (Å²) in [6, 6.07) is 3.31. The third kappa shape index (κ3) is 6.23. The number of amides is 1. The van der Waals surface area contributed by atoms with Crippen LogP contribution in [0.3, 0.4) is 0 Å². The summed E-state index contributed by atoms with van der Waals surface area (Å²) in [4.78, 5) is 34.4. The number of aliphatic carboxylic acids is 1. The van der Waals surface area contributed by atoms with Gasteiger partial charge in [-0.05, 0) is 37.0 Å². The number of carboxylic acid groups (broad SMARTS) is 1. The molecule has 0 spiro atoms. The van der Waals surface area contributed by atoms with E-state index in [4.69, 9.17) is 18.6 Å². The van der Waals surface area contributed by atoms with Crippen molar-refractivity contribution in [1.29, 1.82) is 0 Å². The normalized spacial score (nSPS) is 20.6. The maximum absolute atomic E-state index is 13.5. The average molecular weight is 530 g/mol. The van der Waals surface area contributed by atoms with Crippen LogP contribution in [-0.2, 0) is 16.0 Å². The molecule has 2 aromatic rings. The number of nitrogens with zero attached hydrogens (tertiary/aromatic N) is 3. The highest BCUT2D eigenvalue weighted by Gasteiger charge is 2.47. The average Bonchev–Trinajstić information content (AvgIpc) is 3.67. The molecule has 2 aliphatic heterocycles. The molecule has 10 nitrogen and oxygen atoms in total. The number of aryl methyl sites for hydroxylation is 1. The van der Waals surface area contributed by atoms with Crippen molar-refractivity contribution in [2.45, 2.75) is 64.3 Å². The third-order valence-electron chi connectivity index (χ3n) is 7.53. The minimum atomic E-state index is -0.896. The number of hydrogen-bond acceptors (Lipinski definition) is 8. The highest BCUT2D eigenvalue weighted by atomic mass is 16.7. The molecule has 3 heterocycles. The molecule has 38 heavy (non-hydrogen) atoms. The molecule has 4 rings (SSSR count). The lowest BCUT2D eigenvalue weighted by atomic mass is 9.83. The fraction of sp³-hybridized carbons (Fsp3) is 0.607. The van der Waals surface area contributed by atoms with Crippen molar-refractivity contribution in [3.8, 4) is 17.2 Å². The number of methoxy groups -OCH3 is 1. The van der Waals surface area contributed by atoms with Gasteiger partial charge in [-0.15, -0.1) is 0 Å². The fourth-order valence-electron chi connectivity index (χ4n) is 5.53. The van der Waals surface area contributed by atoms with Gasteiger partial charge in [-0.3, -0.25) is 14.5 Å². The lowest BCUT2D eigenvalue weighted by molar-refractivity contribution is -0.143. The van der Waals surface area contributed by atoms with Crippen LogP contribution in [0.2, 0.25) is 0 Å². The van der Waals surface area contributed by atoms with Gasteiger partial charge in [-0.25, -0.2) is 4.98 Å². The number of carboxylic acids is 1. The van der Waals surface area contributed by atoms with Gasteiger partial charge in [0.2, 0.25) is 18.4 Å². The van der Waals surface area contributed by atoms with E-state index in [9.17, 15) is 14.7 Å². The first kappa shape index (κ1) is 27.8. The van der Waals surface area contributed by atoms with Gasteiger partial charge in [0.05, 0.1) is 25.8 Å². The lowest BCUT2D eigenvalue weighted by Crippen LogP contribution is -2.44. The van der Waals surface area contributed by atoms with Crippen molar-refractivity contribution < 1.29 is 33.3 Å². The zero-order chi connectivity index (χ0) is 27.1. The van der Waals surface area contributed by atoms with Crippen LogP contribution in [0.1, 0.15) is 63.3 Å². The first-order valence-electron chi connectivity index (χ1n) is 13.6. The van der Waals surface area contributed by atoms with E-state index in [0.29, 0.717) is 42.5 Å². The van der Waals surface area contributed by atoms with E-state index in [1.165, 1.54) is 6.26 Å². The summed E-state index contributed by atoms with van der Waals surface area (Å²) in [5, 5.41) is 10.4. The van der Waals surface area contributed by atoms with E-state index in [-0.39, 0.29) is 31.2 Å². The Morgan fingerprint density at radius 1 is 1.18 bits per heavy atom. The Bertz CT molecular complexity index is 1070. The molecule has 10 heteroatoms. The van der Waals surface area contributed by atoms with E-state index < -0.39 is 11.9 Å². The molecular formula is C28H39N3O7. The van der Waals surface area contributed by atoms with Crippen molar-refractivity contribution in [3.05, 3.63) is 36.0 Å². The van der Waals surface area contributed by atoms with E-state index in [1.807, 2.05) is 21.9 Å². The molecule has 3 atom stereocenters. The van der Waals surface area contributed by atoms with E-state index >= 15 is 0 Å². The Labute approximate surface area is 223 Å². The maximum atomic E-state index is 13.5. The van der Waals surface area contributed by atoms with Crippen LogP contribution < -0.4 is 14.2 Å². The number of carbonyl (C=O) groups is 2. The van der Waals surface area contributed by atoms with Gasteiger partial charge >= 0.3 is 5.97 Å². The Balaban J connectivity index is 1.62. The zero-order valence-electron chi connectivity index (χ0n) is 22.6. The molecule has 1 saturated heterocycles. The van der Waals surface area contributed by atoms with Crippen LogP contribution in [-0.4, -0.2) is 77.9 Å². The van der Waals surface area contributed by atoms with Crippen molar-refractivity contribution in [1.82, 2.24) is 14.8 Å². The third-order valence-corrected chi connectivity index (χ3v) is 7.53. The van der Waals surface area contributed by atoms with Gasteiger partial charge < -0.3 is 28.6 Å². The van der Waals surface area contributed by atoms with Crippen molar-refractivity contribution in [2.24, 2.45) is 5.92 Å². The monoisotopic (exact) mass is 529 g/mol. The number of likely N-dealkylation sites (tertiary alicyclic amines) is 1. The largest absolute Gasteiger partial charge is 0.493 e. The molecule has 0 unspecified atom stereocenters. The number of rotatable bonds is 14. The molecule has 0 saturated carbocycles. The Morgan fingerprint density at radius 3 is 2.58 bits per heavy atom. The first-order chi connectivity index (χ1) is 18.5. The summed E-state index contributed by atoms with van der Waals surface area (Å²) >= 11 is 0. The highest BCUT2D eigenvalue weighted by Crippen LogP contribution is 2.47. The SMILES string of the molecule is CCCCN(CCCC)C(=O)CN1C[C@H](c2cc(OC)c3c(c2)OCO3)[C@@H](C(=O)O)[C@@H]1CCc1ncco1. The standard InChI is InChI=1S/C28H39N3O7/c1-4-6-11-30(12-7-5-2)25(32)17-31-16-20(19-14-22(35-3)27-23(15-19)37-18-38-27)26(28(33)34)21(31)8-9-24-29-10-13-36-24/h10,13-15,20-21,26H,4-9,11-12,16-18H2,1-3H3,(H,33,34)/t20-,21+,26-/m1/s1. The highest BCUT2D eigenvalue weighted by molar-refractivity contribution is 5.79. The van der Waals surface area contributed by atoms with Gasteiger partial charge in [0.15, 0.2) is 17.4 Å². The fourth-order valence-corrected chi connectivity index (χ4v) is 5.53. The zero-order valence-corrected chi connectivity index (χ0v) is 22.6. The van der Waals surface area contributed by atoms with Crippen molar-refractivity contribution in [3.63, 3.8) is 0 Å². The van der Waals surface area contributed by atoms with Gasteiger partial charge in [-0.1, -0.05) is 26.7 Å². The Morgan fingerprint density at radius 2 is 1.95 bits per heavy atom. The van der Waals surface area contributed by atoms with Crippen molar-refractivity contribution >= 4 is 11.9 Å². The second kappa shape index (κ2) is 13.0. The molecule has 0 bridgehead atoms.